The molecular formula is C17H19NO4. The van der Waals surface area contributed by atoms with Crippen LogP contribution in [0, 0.1) is 18.8 Å². The largest absolute Gasteiger partial charge is 0.481 e. The number of fused-ring (bicyclic) bond motifs is 2. The molecule has 22 heavy (non-hydrogen) atoms. The lowest BCUT2D eigenvalue weighted by molar-refractivity contribution is -0.145. The zero-order chi connectivity index (χ0) is 15.9. The predicted molar refractivity (Wildman–Crippen MR) is 81.6 cm³/mol. The molecular weight excluding hydrogens is 282 g/mol. The number of hydrogen-bond acceptors (Lipinski definition) is 3. The van der Waals surface area contributed by atoms with Crippen LogP contribution >= 0.6 is 0 Å². The van der Waals surface area contributed by atoms with E-state index in [1.807, 2.05) is 32.0 Å². The number of para-hydroxylation sites is 1. The Labute approximate surface area is 129 Å². The van der Waals surface area contributed by atoms with E-state index < -0.39 is 30.0 Å². The number of ether oxygens (including phenoxy) is 1. The van der Waals surface area contributed by atoms with Crippen molar-refractivity contribution in [3.63, 3.8) is 0 Å². The Hall–Kier alpha value is -2.14. The minimum Gasteiger partial charge on any atom is -0.481 e. The summed E-state index contributed by atoms with van der Waals surface area (Å²) >= 11 is 0. The summed E-state index contributed by atoms with van der Waals surface area (Å²) in [6, 6.07) is 5.85. The number of anilines is 1. The van der Waals surface area contributed by atoms with E-state index in [0.29, 0.717) is 0 Å². The SMILES string of the molecule is CCc1cccc(C)c1NC(=O)[C@H]1[C@@H](C(=O)O)[C@@H]2C=C[C@H]1O2. The Kier molecular flexibility index (Phi) is 3.74. The zero-order valence-electron chi connectivity index (χ0n) is 12.6. The lowest BCUT2D eigenvalue weighted by Gasteiger charge is -2.22. The van der Waals surface area contributed by atoms with Crippen molar-refractivity contribution in [2.45, 2.75) is 32.5 Å². The summed E-state index contributed by atoms with van der Waals surface area (Å²) in [6.45, 7) is 3.95. The molecule has 2 aliphatic rings. The monoisotopic (exact) mass is 301 g/mol. The minimum absolute atomic E-state index is 0.284. The van der Waals surface area contributed by atoms with Gasteiger partial charge in [-0.1, -0.05) is 37.3 Å². The topological polar surface area (TPSA) is 75.6 Å². The third-order valence-corrected chi connectivity index (χ3v) is 4.48. The summed E-state index contributed by atoms with van der Waals surface area (Å²) in [4.78, 5) is 24.1. The highest BCUT2D eigenvalue weighted by Gasteiger charge is 2.53. The number of rotatable bonds is 4. The maximum absolute atomic E-state index is 12.7. The summed E-state index contributed by atoms with van der Waals surface area (Å²) < 4.78 is 5.55. The first-order valence-corrected chi connectivity index (χ1v) is 7.49. The third-order valence-electron chi connectivity index (χ3n) is 4.48. The van der Waals surface area contributed by atoms with Gasteiger partial charge in [-0.3, -0.25) is 9.59 Å². The molecule has 1 aromatic rings. The predicted octanol–water partition coefficient (Wildman–Crippen LogP) is 2.15. The highest BCUT2D eigenvalue weighted by Crippen LogP contribution is 2.40. The van der Waals surface area contributed by atoms with Gasteiger partial charge in [-0.25, -0.2) is 0 Å². The van der Waals surface area contributed by atoms with E-state index in [1.54, 1.807) is 12.2 Å². The maximum atomic E-state index is 12.7. The second-order valence-corrected chi connectivity index (χ2v) is 5.79. The van der Waals surface area contributed by atoms with Crippen molar-refractivity contribution in [1.82, 2.24) is 0 Å². The Morgan fingerprint density at radius 1 is 1.23 bits per heavy atom. The molecule has 1 saturated heterocycles. The van der Waals surface area contributed by atoms with Gasteiger partial charge in [0.05, 0.1) is 18.1 Å². The average Bonchev–Trinajstić information content (AvgIpc) is 3.09. The molecule has 5 nitrogen and oxygen atoms in total. The summed E-state index contributed by atoms with van der Waals surface area (Å²) in [5, 5.41) is 12.3. The summed E-state index contributed by atoms with van der Waals surface area (Å²) in [7, 11) is 0. The molecule has 5 heteroatoms. The van der Waals surface area contributed by atoms with E-state index in [-0.39, 0.29) is 5.91 Å². The van der Waals surface area contributed by atoms with Gasteiger partial charge in [0.15, 0.2) is 0 Å². The van der Waals surface area contributed by atoms with Gasteiger partial charge in [-0.2, -0.15) is 0 Å². The van der Waals surface area contributed by atoms with Crippen molar-refractivity contribution < 1.29 is 19.4 Å². The number of benzene rings is 1. The molecule has 0 radical (unpaired) electrons. The minimum atomic E-state index is -0.988. The highest BCUT2D eigenvalue weighted by atomic mass is 16.5. The first kappa shape index (κ1) is 14.8. The molecule has 0 aromatic heterocycles. The fraction of sp³-hybridized carbons (Fsp3) is 0.412. The Morgan fingerprint density at radius 3 is 2.55 bits per heavy atom. The van der Waals surface area contributed by atoms with Crippen LogP contribution in [0.2, 0.25) is 0 Å². The number of nitrogens with one attached hydrogen (secondary N) is 1. The molecule has 0 spiro atoms. The van der Waals surface area contributed by atoms with Crippen LogP contribution in [0.15, 0.2) is 30.4 Å². The van der Waals surface area contributed by atoms with E-state index in [9.17, 15) is 14.7 Å². The molecule has 0 saturated carbocycles. The van der Waals surface area contributed by atoms with Crippen molar-refractivity contribution in [1.29, 1.82) is 0 Å². The molecule has 2 aliphatic heterocycles. The molecule has 0 unspecified atom stereocenters. The molecule has 3 rings (SSSR count). The van der Waals surface area contributed by atoms with Crippen molar-refractivity contribution in [3.05, 3.63) is 41.5 Å². The van der Waals surface area contributed by atoms with Gasteiger partial charge in [0, 0.05) is 5.69 Å². The number of hydrogen-bond donors (Lipinski definition) is 2. The first-order valence-electron chi connectivity index (χ1n) is 7.49. The van der Waals surface area contributed by atoms with Crippen LogP contribution in [-0.2, 0) is 20.7 Å². The van der Waals surface area contributed by atoms with Crippen LogP contribution in [0.4, 0.5) is 5.69 Å². The summed E-state index contributed by atoms with van der Waals surface area (Å²) in [5.74, 6) is -2.77. The number of carboxylic acid groups (broad SMARTS) is 1. The molecule has 116 valence electrons. The smallest absolute Gasteiger partial charge is 0.310 e. The third kappa shape index (κ3) is 2.31. The van der Waals surface area contributed by atoms with E-state index >= 15 is 0 Å². The standard InChI is InChI=1S/C17H19NO4/c1-3-10-6-4-5-9(2)15(10)18-16(19)13-11-7-8-12(22-11)14(13)17(20)21/h4-8,11-14H,3H2,1-2H3,(H,18,19)(H,20,21)/t11-,12+,13-,14+/m1/s1. The quantitative estimate of drug-likeness (QED) is 0.836. The number of aliphatic carboxylic acids is 1. The Balaban J connectivity index is 1.86. The molecule has 1 aromatic carbocycles. The van der Waals surface area contributed by atoms with Gasteiger partial charge in [0.2, 0.25) is 5.91 Å². The van der Waals surface area contributed by atoms with E-state index in [0.717, 1.165) is 23.2 Å². The molecule has 2 bridgehead atoms. The highest BCUT2D eigenvalue weighted by molar-refractivity contribution is 5.97. The van der Waals surface area contributed by atoms with E-state index in [4.69, 9.17) is 4.74 Å². The Bertz CT molecular complexity index is 652. The van der Waals surface area contributed by atoms with Gasteiger partial charge in [-0.15, -0.1) is 0 Å². The first-order chi connectivity index (χ1) is 10.5. The molecule has 1 fully saturated rings. The second-order valence-electron chi connectivity index (χ2n) is 5.79. The molecule has 2 N–H and O–H groups in total. The molecule has 4 atom stereocenters. The lowest BCUT2D eigenvalue weighted by Crippen LogP contribution is -2.39. The van der Waals surface area contributed by atoms with Crippen LogP contribution in [0.25, 0.3) is 0 Å². The van der Waals surface area contributed by atoms with Gasteiger partial charge >= 0.3 is 5.97 Å². The summed E-state index contributed by atoms with van der Waals surface area (Å²) in [6.07, 6.45) is 3.37. The van der Waals surface area contributed by atoms with E-state index in [1.165, 1.54) is 0 Å². The molecule has 1 amide bonds. The lowest BCUT2D eigenvalue weighted by atomic mass is 9.82. The van der Waals surface area contributed by atoms with Gasteiger partial charge < -0.3 is 15.2 Å². The van der Waals surface area contributed by atoms with Gasteiger partial charge in [0.1, 0.15) is 5.92 Å². The summed E-state index contributed by atoms with van der Waals surface area (Å²) in [5.41, 5.74) is 2.80. The molecule has 2 heterocycles. The van der Waals surface area contributed by atoms with Gasteiger partial charge in [0.25, 0.3) is 0 Å². The normalized spacial score (nSPS) is 28.8. The number of carboxylic acids is 1. The van der Waals surface area contributed by atoms with E-state index in [2.05, 4.69) is 5.32 Å². The Morgan fingerprint density at radius 2 is 1.91 bits per heavy atom. The average molecular weight is 301 g/mol. The van der Waals surface area contributed by atoms with Crippen LogP contribution in [0.3, 0.4) is 0 Å². The second kappa shape index (κ2) is 5.57. The van der Waals surface area contributed by atoms with Crippen molar-refractivity contribution in [2.24, 2.45) is 11.8 Å². The van der Waals surface area contributed by atoms with Crippen LogP contribution in [-0.4, -0.2) is 29.2 Å². The van der Waals surface area contributed by atoms with Crippen molar-refractivity contribution >= 4 is 17.6 Å². The zero-order valence-corrected chi connectivity index (χ0v) is 12.6. The fourth-order valence-corrected chi connectivity index (χ4v) is 3.32. The van der Waals surface area contributed by atoms with Crippen LogP contribution in [0.1, 0.15) is 18.1 Å². The number of amides is 1. The van der Waals surface area contributed by atoms with Crippen molar-refractivity contribution in [2.75, 3.05) is 5.32 Å². The van der Waals surface area contributed by atoms with Crippen LogP contribution < -0.4 is 5.32 Å². The maximum Gasteiger partial charge on any atom is 0.310 e. The fourth-order valence-electron chi connectivity index (χ4n) is 3.32. The van der Waals surface area contributed by atoms with Crippen LogP contribution in [0.5, 0.6) is 0 Å². The van der Waals surface area contributed by atoms with Crippen molar-refractivity contribution in [3.8, 4) is 0 Å². The molecule has 0 aliphatic carbocycles. The number of aryl methyl sites for hydroxylation is 2. The number of carbonyl (C=O) groups is 2. The number of carbonyl (C=O) groups excluding carboxylic acids is 1. The van der Waals surface area contributed by atoms with Gasteiger partial charge in [-0.05, 0) is 24.5 Å².